The Hall–Kier alpha value is -1.64. The maximum absolute atomic E-state index is 12.1. The van der Waals surface area contributed by atoms with Crippen molar-refractivity contribution in [1.29, 1.82) is 0 Å². The predicted molar refractivity (Wildman–Crippen MR) is 84.3 cm³/mol. The van der Waals surface area contributed by atoms with Gasteiger partial charge in [-0.3, -0.25) is 9.59 Å². The zero-order valence-electron chi connectivity index (χ0n) is 13.2. The molecule has 1 aliphatic heterocycles. The molecule has 1 aromatic carbocycles. The first-order valence-corrected chi connectivity index (χ1v) is 8.38. The molecule has 1 saturated carbocycles. The molecular formula is C19H24O3. The number of ether oxygens (including phenoxy) is 1. The molecule has 1 aliphatic carbocycles. The van der Waals surface area contributed by atoms with Crippen LogP contribution in [0.3, 0.4) is 0 Å². The number of fused-ring (bicyclic) bond motifs is 1. The molecule has 1 aromatic rings. The quantitative estimate of drug-likeness (QED) is 0.755. The molecule has 0 amide bonds. The van der Waals surface area contributed by atoms with Gasteiger partial charge in [-0.2, -0.15) is 0 Å². The molecule has 0 bridgehead atoms. The van der Waals surface area contributed by atoms with E-state index >= 15 is 0 Å². The van der Waals surface area contributed by atoms with Gasteiger partial charge in [0, 0.05) is 18.8 Å². The topological polar surface area (TPSA) is 43.4 Å². The number of carbonyl (C=O) groups excluding carboxylic acids is 2. The van der Waals surface area contributed by atoms with Gasteiger partial charge in [0.25, 0.3) is 0 Å². The van der Waals surface area contributed by atoms with E-state index in [2.05, 4.69) is 19.1 Å². The molecule has 3 rings (SSSR count). The molecule has 4 atom stereocenters. The third-order valence-electron chi connectivity index (χ3n) is 5.34. The number of benzene rings is 1. The fourth-order valence-corrected chi connectivity index (χ4v) is 4.12. The van der Waals surface area contributed by atoms with Crippen LogP contribution in [0.4, 0.5) is 0 Å². The monoisotopic (exact) mass is 300 g/mol. The highest BCUT2D eigenvalue weighted by Gasteiger charge is 2.47. The van der Waals surface area contributed by atoms with Crippen LogP contribution < -0.4 is 0 Å². The molecular weight excluding hydrogens is 276 g/mol. The molecule has 3 nitrogen and oxygen atoms in total. The van der Waals surface area contributed by atoms with Crippen molar-refractivity contribution in [2.45, 2.75) is 51.6 Å². The van der Waals surface area contributed by atoms with Gasteiger partial charge in [0.05, 0.1) is 6.42 Å². The summed E-state index contributed by atoms with van der Waals surface area (Å²) in [7, 11) is 0. The molecule has 0 N–H and O–H groups in total. The van der Waals surface area contributed by atoms with Gasteiger partial charge in [0.15, 0.2) is 0 Å². The number of ketones is 1. The molecule has 118 valence electrons. The highest BCUT2D eigenvalue weighted by atomic mass is 16.6. The Labute approximate surface area is 132 Å². The van der Waals surface area contributed by atoms with Crippen molar-refractivity contribution in [3.05, 3.63) is 35.9 Å². The summed E-state index contributed by atoms with van der Waals surface area (Å²) in [6, 6.07) is 10.2. The summed E-state index contributed by atoms with van der Waals surface area (Å²) in [4.78, 5) is 23.6. The smallest absolute Gasteiger partial charge is 0.306 e. The second-order valence-corrected chi connectivity index (χ2v) is 6.84. The Balaban J connectivity index is 1.45. The molecule has 3 heteroatoms. The second kappa shape index (κ2) is 6.64. The Morgan fingerprint density at radius 1 is 1.23 bits per heavy atom. The lowest BCUT2D eigenvalue weighted by Crippen LogP contribution is -2.17. The second-order valence-electron chi connectivity index (χ2n) is 6.84. The van der Waals surface area contributed by atoms with E-state index in [0.717, 1.165) is 19.3 Å². The molecule has 1 saturated heterocycles. The summed E-state index contributed by atoms with van der Waals surface area (Å²) >= 11 is 0. The summed E-state index contributed by atoms with van der Waals surface area (Å²) in [6.07, 6.45) is 4.64. The van der Waals surface area contributed by atoms with Crippen molar-refractivity contribution in [1.82, 2.24) is 0 Å². The molecule has 3 unspecified atom stereocenters. The first-order valence-electron chi connectivity index (χ1n) is 8.38. The highest BCUT2D eigenvalue weighted by Crippen LogP contribution is 2.46. The SMILES string of the molecule is CC1CC2OC(=O)CC2[C@H]1CCC(=O)CCc1ccccc1. The Morgan fingerprint density at radius 3 is 2.77 bits per heavy atom. The summed E-state index contributed by atoms with van der Waals surface area (Å²) in [5, 5.41) is 0. The van der Waals surface area contributed by atoms with Crippen molar-refractivity contribution < 1.29 is 14.3 Å². The first kappa shape index (κ1) is 15.3. The average Bonchev–Trinajstić information content (AvgIpc) is 2.99. The predicted octanol–water partition coefficient (Wildman–Crippen LogP) is 3.56. The lowest BCUT2D eigenvalue weighted by Gasteiger charge is -2.19. The van der Waals surface area contributed by atoms with Crippen LogP contribution in [-0.2, 0) is 20.7 Å². The first-order chi connectivity index (χ1) is 10.6. The van der Waals surface area contributed by atoms with Crippen LogP contribution in [-0.4, -0.2) is 17.9 Å². The van der Waals surface area contributed by atoms with Gasteiger partial charge >= 0.3 is 5.97 Å². The van der Waals surface area contributed by atoms with Crippen LogP contribution >= 0.6 is 0 Å². The van der Waals surface area contributed by atoms with E-state index in [1.54, 1.807) is 0 Å². The number of Topliss-reactive ketones (excluding diaryl/α,β-unsaturated/α-hetero) is 1. The molecule has 2 fully saturated rings. The fourth-order valence-electron chi connectivity index (χ4n) is 4.12. The van der Waals surface area contributed by atoms with Crippen molar-refractivity contribution in [2.75, 3.05) is 0 Å². The molecule has 22 heavy (non-hydrogen) atoms. The number of hydrogen-bond acceptors (Lipinski definition) is 3. The van der Waals surface area contributed by atoms with Crippen molar-refractivity contribution in [3.8, 4) is 0 Å². The molecule has 0 radical (unpaired) electrons. The summed E-state index contributed by atoms with van der Waals surface area (Å²) < 4.78 is 5.37. The van der Waals surface area contributed by atoms with Gasteiger partial charge in [-0.25, -0.2) is 0 Å². The largest absolute Gasteiger partial charge is 0.462 e. The highest BCUT2D eigenvalue weighted by molar-refractivity contribution is 5.78. The number of esters is 1. The number of hydrogen-bond donors (Lipinski definition) is 0. The van der Waals surface area contributed by atoms with E-state index < -0.39 is 0 Å². The van der Waals surface area contributed by atoms with Crippen molar-refractivity contribution >= 4 is 11.8 Å². The van der Waals surface area contributed by atoms with Crippen LogP contribution in [0.5, 0.6) is 0 Å². The van der Waals surface area contributed by atoms with Gasteiger partial charge in [0.1, 0.15) is 11.9 Å². The van der Waals surface area contributed by atoms with Crippen LogP contribution in [0.1, 0.15) is 44.6 Å². The summed E-state index contributed by atoms with van der Waals surface area (Å²) in [6.45, 7) is 2.23. The Morgan fingerprint density at radius 2 is 2.00 bits per heavy atom. The molecule has 1 heterocycles. The van der Waals surface area contributed by atoms with E-state index in [1.807, 2.05) is 18.2 Å². The Bertz CT molecular complexity index is 537. The normalized spacial score (nSPS) is 30.1. The maximum Gasteiger partial charge on any atom is 0.306 e. The van der Waals surface area contributed by atoms with E-state index in [9.17, 15) is 9.59 Å². The third kappa shape index (κ3) is 3.40. The number of rotatable bonds is 6. The van der Waals surface area contributed by atoms with Gasteiger partial charge in [0.2, 0.25) is 0 Å². The maximum atomic E-state index is 12.1. The molecule has 0 aromatic heterocycles. The standard InChI is InChI=1S/C19H24O3/c1-13-11-18-17(12-19(21)22-18)16(13)10-9-15(20)8-7-14-5-3-2-4-6-14/h2-6,13,16-18H,7-12H2,1H3/t13?,16-,17?,18?/m0/s1. The molecule has 2 aliphatic rings. The zero-order valence-corrected chi connectivity index (χ0v) is 13.2. The molecule has 0 spiro atoms. The van der Waals surface area contributed by atoms with E-state index in [4.69, 9.17) is 4.74 Å². The minimum atomic E-state index is -0.0534. The summed E-state index contributed by atoms with van der Waals surface area (Å²) in [5.74, 6) is 1.67. The van der Waals surface area contributed by atoms with E-state index in [1.165, 1.54) is 5.56 Å². The minimum absolute atomic E-state index is 0.0534. The lowest BCUT2D eigenvalue weighted by molar-refractivity contribution is -0.141. The van der Waals surface area contributed by atoms with Gasteiger partial charge in [-0.1, -0.05) is 37.3 Å². The van der Waals surface area contributed by atoms with Crippen molar-refractivity contribution in [2.24, 2.45) is 17.8 Å². The van der Waals surface area contributed by atoms with Crippen LogP contribution in [0.15, 0.2) is 30.3 Å². The van der Waals surface area contributed by atoms with Gasteiger partial charge < -0.3 is 4.74 Å². The van der Waals surface area contributed by atoms with Crippen LogP contribution in [0, 0.1) is 17.8 Å². The van der Waals surface area contributed by atoms with Crippen LogP contribution in [0.25, 0.3) is 0 Å². The van der Waals surface area contributed by atoms with Gasteiger partial charge in [-0.15, -0.1) is 0 Å². The average molecular weight is 300 g/mol. The van der Waals surface area contributed by atoms with Crippen molar-refractivity contribution in [3.63, 3.8) is 0 Å². The fraction of sp³-hybridized carbons (Fsp3) is 0.579. The number of carbonyl (C=O) groups is 2. The third-order valence-corrected chi connectivity index (χ3v) is 5.34. The Kier molecular flexibility index (Phi) is 4.60. The summed E-state index contributed by atoms with van der Waals surface area (Å²) in [5.41, 5.74) is 1.22. The van der Waals surface area contributed by atoms with Crippen LogP contribution in [0.2, 0.25) is 0 Å². The van der Waals surface area contributed by atoms with E-state index in [0.29, 0.717) is 42.8 Å². The number of aryl methyl sites for hydroxylation is 1. The zero-order chi connectivity index (χ0) is 15.5. The minimum Gasteiger partial charge on any atom is -0.462 e. The van der Waals surface area contributed by atoms with E-state index in [-0.39, 0.29) is 12.1 Å². The van der Waals surface area contributed by atoms with Gasteiger partial charge in [-0.05, 0) is 36.7 Å². The lowest BCUT2D eigenvalue weighted by atomic mass is 9.84.